The average Bonchev–Trinajstić information content (AvgIpc) is 2.69. The minimum absolute atomic E-state index is 0.509. The number of hydrogen-bond acceptors (Lipinski definition) is 5. The van der Waals surface area contributed by atoms with E-state index in [1.807, 2.05) is 18.2 Å². The lowest BCUT2D eigenvalue weighted by atomic mass is 10.3. The van der Waals surface area contributed by atoms with Crippen molar-refractivity contribution in [1.29, 1.82) is 0 Å². The van der Waals surface area contributed by atoms with Crippen LogP contribution in [0.3, 0.4) is 0 Å². The van der Waals surface area contributed by atoms with Crippen LogP contribution in [0.1, 0.15) is 0 Å². The molecule has 1 N–H and O–H groups in total. The maximum atomic E-state index is 11.0. The summed E-state index contributed by atoms with van der Waals surface area (Å²) in [5.41, 5.74) is 0.788. The van der Waals surface area contributed by atoms with Gasteiger partial charge >= 0.3 is 6.09 Å². The van der Waals surface area contributed by atoms with Gasteiger partial charge in [0.05, 0.1) is 24.4 Å². The summed E-state index contributed by atoms with van der Waals surface area (Å²) in [5.74, 6) is 0.738. The molecular weight excluding hydrogens is 228 g/mol. The minimum atomic E-state index is -0.522. The molecule has 0 atom stereocenters. The number of fused-ring (bicyclic) bond motifs is 1. The van der Waals surface area contributed by atoms with E-state index < -0.39 is 6.09 Å². The normalized spacial score (nSPS) is 10.1. The second-order valence-corrected chi connectivity index (χ2v) is 4.00. The van der Waals surface area contributed by atoms with Gasteiger partial charge in [0.25, 0.3) is 0 Å². The van der Waals surface area contributed by atoms with E-state index in [9.17, 15) is 4.79 Å². The number of anilines is 1. The molecule has 1 amide bonds. The molecule has 0 aliphatic rings. The Labute approximate surface area is 96.0 Å². The Morgan fingerprint density at radius 2 is 2.25 bits per heavy atom. The summed E-state index contributed by atoms with van der Waals surface area (Å²) in [6.45, 7) is 0. The van der Waals surface area contributed by atoms with E-state index in [1.165, 1.54) is 18.4 Å². The van der Waals surface area contributed by atoms with Gasteiger partial charge in [0.1, 0.15) is 5.75 Å². The van der Waals surface area contributed by atoms with Crippen LogP contribution in [-0.2, 0) is 4.74 Å². The lowest BCUT2D eigenvalue weighted by Gasteiger charge is -1.96. The second-order valence-electron chi connectivity index (χ2n) is 2.97. The average molecular weight is 238 g/mol. The van der Waals surface area contributed by atoms with E-state index in [1.54, 1.807) is 7.11 Å². The Morgan fingerprint density at radius 3 is 2.94 bits per heavy atom. The van der Waals surface area contributed by atoms with E-state index in [0.717, 1.165) is 16.0 Å². The van der Waals surface area contributed by atoms with Crippen LogP contribution in [0.5, 0.6) is 5.75 Å². The summed E-state index contributed by atoms with van der Waals surface area (Å²) in [6.07, 6.45) is -0.522. The third-order valence-corrected chi connectivity index (χ3v) is 2.94. The maximum absolute atomic E-state index is 11.0. The molecule has 1 heterocycles. The zero-order chi connectivity index (χ0) is 11.5. The second kappa shape index (κ2) is 4.36. The number of benzene rings is 1. The smallest absolute Gasteiger partial charge is 0.413 e. The van der Waals surface area contributed by atoms with Gasteiger partial charge < -0.3 is 9.47 Å². The molecule has 2 rings (SSSR count). The third kappa shape index (κ3) is 2.06. The van der Waals surface area contributed by atoms with Gasteiger partial charge in [-0.15, -0.1) is 0 Å². The van der Waals surface area contributed by atoms with Gasteiger partial charge in [-0.1, -0.05) is 11.3 Å². The number of ether oxygens (including phenoxy) is 2. The molecule has 0 unspecified atom stereocenters. The minimum Gasteiger partial charge on any atom is -0.497 e. The van der Waals surface area contributed by atoms with Crippen molar-refractivity contribution in [2.75, 3.05) is 19.5 Å². The molecule has 16 heavy (non-hydrogen) atoms. The predicted molar refractivity (Wildman–Crippen MR) is 62.2 cm³/mol. The molecule has 0 aliphatic carbocycles. The highest BCUT2D eigenvalue weighted by Crippen LogP contribution is 2.28. The fourth-order valence-corrected chi connectivity index (χ4v) is 2.06. The van der Waals surface area contributed by atoms with Crippen LogP contribution in [0.4, 0.5) is 9.93 Å². The maximum Gasteiger partial charge on any atom is 0.413 e. The first-order valence-electron chi connectivity index (χ1n) is 4.52. The SMILES string of the molecule is COC(=O)Nc1nc2cc(OC)ccc2s1. The zero-order valence-electron chi connectivity index (χ0n) is 8.81. The molecule has 1 aromatic heterocycles. The molecule has 84 valence electrons. The van der Waals surface area contributed by atoms with Crippen LogP contribution < -0.4 is 10.1 Å². The molecule has 1 aromatic carbocycles. The van der Waals surface area contributed by atoms with Crippen LogP contribution >= 0.6 is 11.3 Å². The molecule has 0 aliphatic heterocycles. The van der Waals surface area contributed by atoms with Crippen LogP contribution in [0.2, 0.25) is 0 Å². The molecule has 0 spiro atoms. The fourth-order valence-electron chi connectivity index (χ4n) is 1.23. The highest BCUT2D eigenvalue weighted by atomic mass is 32.1. The predicted octanol–water partition coefficient (Wildman–Crippen LogP) is 2.48. The Balaban J connectivity index is 2.32. The molecule has 0 bridgehead atoms. The number of thiazole rings is 1. The molecule has 0 saturated heterocycles. The molecule has 5 nitrogen and oxygen atoms in total. The first-order valence-corrected chi connectivity index (χ1v) is 5.34. The van der Waals surface area contributed by atoms with Crippen molar-refractivity contribution in [3.05, 3.63) is 18.2 Å². The van der Waals surface area contributed by atoms with E-state index in [2.05, 4.69) is 15.0 Å². The van der Waals surface area contributed by atoms with Crippen molar-refractivity contribution in [1.82, 2.24) is 4.98 Å². The van der Waals surface area contributed by atoms with Crippen molar-refractivity contribution >= 4 is 32.8 Å². The monoisotopic (exact) mass is 238 g/mol. The van der Waals surface area contributed by atoms with Crippen molar-refractivity contribution in [3.8, 4) is 5.75 Å². The lowest BCUT2D eigenvalue weighted by Crippen LogP contribution is -2.10. The van der Waals surface area contributed by atoms with Crippen LogP contribution in [0.25, 0.3) is 10.2 Å². The summed E-state index contributed by atoms with van der Waals surface area (Å²) >= 11 is 1.38. The van der Waals surface area contributed by atoms with Gasteiger partial charge in [-0.25, -0.2) is 9.78 Å². The highest BCUT2D eigenvalue weighted by molar-refractivity contribution is 7.22. The van der Waals surface area contributed by atoms with E-state index in [0.29, 0.717) is 5.13 Å². The summed E-state index contributed by atoms with van der Waals surface area (Å²) in [7, 11) is 2.91. The fraction of sp³-hybridized carbons (Fsp3) is 0.200. The quantitative estimate of drug-likeness (QED) is 0.873. The van der Waals surface area contributed by atoms with Gasteiger partial charge in [0.15, 0.2) is 5.13 Å². The Morgan fingerprint density at radius 1 is 1.44 bits per heavy atom. The summed E-state index contributed by atoms with van der Waals surface area (Å²) < 4.78 is 10.6. The molecule has 0 fully saturated rings. The standard InChI is InChI=1S/C10H10N2O3S/c1-14-6-3-4-8-7(5-6)11-9(16-8)12-10(13)15-2/h3-5H,1-2H3,(H,11,12,13). The Kier molecular flexibility index (Phi) is 2.91. The number of amides is 1. The van der Waals surface area contributed by atoms with E-state index in [-0.39, 0.29) is 0 Å². The van der Waals surface area contributed by atoms with Crippen LogP contribution in [0, 0.1) is 0 Å². The van der Waals surface area contributed by atoms with Gasteiger partial charge in [-0.2, -0.15) is 0 Å². The first-order chi connectivity index (χ1) is 7.72. The number of aromatic nitrogens is 1. The van der Waals surface area contributed by atoms with Crippen molar-refractivity contribution < 1.29 is 14.3 Å². The van der Waals surface area contributed by atoms with Crippen LogP contribution in [-0.4, -0.2) is 25.3 Å². The van der Waals surface area contributed by atoms with Crippen molar-refractivity contribution in [3.63, 3.8) is 0 Å². The van der Waals surface area contributed by atoms with E-state index in [4.69, 9.17) is 4.74 Å². The number of carbonyl (C=O) groups excluding carboxylic acids is 1. The summed E-state index contributed by atoms with van der Waals surface area (Å²) in [5, 5.41) is 3.03. The van der Waals surface area contributed by atoms with E-state index >= 15 is 0 Å². The lowest BCUT2D eigenvalue weighted by molar-refractivity contribution is 0.187. The molecule has 0 saturated carbocycles. The highest BCUT2D eigenvalue weighted by Gasteiger charge is 2.07. The number of carbonyl (C=O) groups is 1. The van der Waals surface area contributed by atoms with Crippen molar-refractivity contribution in [2.45, 2.75) is 0 Å². The van der Waals surface area contributed by atoms with Crippen molar-refractivity contribution in [2.24, 2.45) is 0 Å². The number of hydrogen-bond donors (Lipinski definition) is 1. The Hall–Kier alpha value is -1.82. The third-order valence-electron chi connectivity index (χ3n) is 1.99. The molecule has 2 aromatic rings. The molecule has 6 heteroatoms. The summed E-state index contributed by atoms with van der Waals surface area (Å²) in [6, 6.07) is 5.56. The number of nitrogens with one attached hydrogen (secondary N) is 1. The van der Waals surface area contributed by atoms with Gasteiger partial charge in [-0.3, -0.25) is 5.32 Å². The first kappa shape index (κ1) is 10.7. The largest absolute Gasteiger partial charge is 0.497 e. The number of nitrogens with zero attached hydrogens (tertiary/aromatic N) is 1. The topological polar surface area (TPSA) is 60.5 Å². The zero-order valence-corrected chi connectivity index (χ0v) is 9.63. The Bertz CT molecular complexity index is 524. The number of rotatable bonds is 2. The van der Waals surface area contributed by atoms with Crippen LogP contribution in [0.15, 0.2) is 18.2 Å². The molecule has 0 radical (unpaired) electrons. The van der Waals surface area contributed by atoms with Gasteiger partial charge in [-0.05, 0) is 12.1 Å². The van der Waals surface area contributed by atoms with Gasteiger partial charge in [0, 0.05) is 6.07 Å². The number of methoxy groups -OCH3 is 2. The molecular formula is C10H10N2O3S. The van der Waals surface area contributed by atoms with Gasteiger partial charge in [0.2, 0.25) is 0 Å². The summed E-state index contributed by atoms with van der Waals surface area (Å²) in [4.78, 5) is 15.2.